The van der Waals surface area contributed by atoms with Crippen molar-refractivity contribution in [2.24, 2.45) is 0 Å². The van der Waals surface area contributed by atoms with Crippen LogP contribution in [-0.2, 0) is 20.6 Å². The third-order valence-corrected chi connectivity index (χ3v) is 6.57. The van der Waals surface area contributed by atoms with E-state index in [4.69, 9.17) is 0 Å². The van der Waals surface area contributed by atoms with Crippen molar-refractivity contribution in [1.82, 2.24) is 5.32 Å². The van der Waals surface area contributed by atoms with Gasteiger partial charge in [0, 0.05) is 18.1 Å². The van der Waals surface area contributed by atoms with Crippen molar-refractivity contribution < 1.29 is 17.6 Å². The first-order valence-corrected chi connectivity index (χ1v) is 12.4. The summed E-state index contributed by atoms with van der Waals surface area (Å²) in [6, 6.07) is 12.8. The Morgan fingerprint density at radius 3 is 2.41 bits per heavy atom. The van der Waals surface area contributed by atoms with Gasteiger partial charge in [0.25, 0.3) is 0 Å². The molecule has 2 rings (SSSR count). The molecule has 0 radical (unpaired) electrons. The van der Waals surface area contributed by atoms with Crippen molar-refractivity contribution in [2.75, 3.05) is 22.9 Å². The molecule has 2 aromatic rings. The van der Waals surface area contributed by atoms with Gasteiger partial charge in [-0.15, -0.1) is 0 Å². The first kappa shape index (κ1) is 23.2. The molecule has 1 atom stereocenters. The maximum absolute atomic E-state index is 13.6. The smallest absolute Gasteiger partial charge is 0.243 e. The number of nitrogens with zero attached hydrogens (tertiary/aromatic N) is 1. The fourth-order valence-electron chi connectivity index (χ4n) is 2.91. The average Bonchev–Trinajstić information content (AvgIpc) is 2.67. The number of amides is 1. The molecule has 158 valence electrons. The van der Waals surface area contributed by atoms with Crippen LogP contribution in [0.1, 0.15) is 24.5 Å². The summed E-state index contributed by atoms with van der Waals surface area (Å²) >= 11 is 1.51. The summed E-state index contributed by atoms with van der Waals surface area (Å²) in [6.07, 6.45) is 1.45. The molecule has 2 aromatic carbocycles. The molecule has 0 spiro atoms. The Balaban J connectivity index is 1.97. The lowest BCUT2D eigenvalue weighted by Gasteiger charge is -2.30. The van der Waals surface area contributed by atoms with E-state index >= 15 is 0 Å². The average molecular weight is 439 g/mol. The first-order valence-electron chi connectivity index (χ1n) is 9.39. The zero-order chi connectivity index (χ0) is 21.4. The number of carbonyl (C=O) groups is 1. The summed E-state index contributed by atoms with van der Waals surface area (Å²) in [4.78, 5) is 12.7. The number of hydrogen-bond donors (Lipinski definition) is 1. The number of halogens is 1. The highest BCUT2D eigenvalue weighted by atomic mass is 32.2. The quantitative estimate of drug-likeness (QED) is 0.574. The summed E-state index contributed by atoms with van der Waals surface area (Å²) in [5.41, 5.74) is 2.10. The Labute approximate surface area is 176 Å². The zero-order valence-corrected chi connectivity index (χ0v) is 18.5. The predicted octanol–water partition coefficient (Wildman–Crippen LogP) is 3.73. The summed E-state index contributed by atoms with van der Waals surface area (Å²) in [6.45, 7) is 4.07. The summed E-state index contributed by atoms with van der Waals surface area (Å²) in [7, 11) is -3.64. The van der Waals surface area contributed by atoms with E-state index in [2.05, 4.69) is 5.32 Å². The van der Waals surface area contributed by atoms with Crippen LogP contribution in [0.3, 0.4) is 0 Å². The van der Waals surface area contributed by atoms with E-state index in [-0.39, 0.29) is 11.7 Å². The highest BCUT2D eigenvalue weighted by molar-refractivity contribution is 7.98. The number of anilines is 1. The van der Waals surface area contributed by atoms with Gasteiger partial charge in [0.1, 0.15) is 11.9 Å². The van der Waals surface area contributed by atoms with E-state index in [1.54, 1.807) is 37.3 Å². The predicted molar refractivity (Wildman–Crippen MR) is 118 cm³/mol. The molecule has 29 heavy (non-hydrogen) atoms. The molecule has 0 aliphatic heterocycles. The molecule has 5 nitrogen and oxygen atoms in total. The van der Waals surface area contributed by atoms with Crippen LogP contribution in [0.4, 0.5) is 10.1 Å². The molecular formula is C21H27FN2O3S2. The van der Waals surface area contributed by atoms with Crippen molar-refractivity contribution in [1.29, 1.82) is 0 Å². The van der Waals surface area contributed by atoms with Crippen molar-refractivity contribution in [2.45, 2.75) is 32.1 Å². The molecule has 0 heterocycles. The Morgan fingerprint density at radius 2 is 1.83 bits per heavy atom. The maximum atomic E-state index is 13.6. The molecule has 0 saturated heterocycles. The Kier molecular flexibility index (Phi) is 8.52. The summed E-state index contributed by atoms with van der Waals surface area (Å²) < 4.78 is 39.6. The van der Waals surface area contributed by atoms with E-state index in [9.17, 15) is 17.6 Å². The lowest BCUT2D eigenvalue weighted by molar-refractivity contribution is -0.122. The zero-order valence-electron chi connectivity index (χ0n) is 16.9. The third-order valence-electron chi connectivity index (χ3n) is 4.38. The Bertz CT molecular complexity index is 918. The van der Waals surface area contributed by atoms with Gasteiger partial charge in [0.15, 0.2) is 0 Å². The standard InChI is InChI=1S/C21H27FN2O3S2/c1-4-20(24(29(3,26)27)18-11-9-16(2)10-12-18)21(25)23-13-14-28-15-17-7-5-6-8-19(17)22/h5-12,20H,4,13-15H2,1-3H3,(H,23,25)/t20-/m0/s1. The second-order valence-electron chi connectivity index (χ2n) is 6.75. The molecule has 0 saturated carbocycles. The van der Waals surface area contributed by atoms with Gasteiger partial charge in [-0.25, -0.2) is 12.8 Å². The number of sulfonamides is 1. The Hall–Kier alpha value is -2.06. The number of rotatable bonds is 10. The summed E-state index contributed by atoms with van der Waals surface area (Å²) in [5.74, 6) is 0.528. The van der Waals surface area contributed by atoms with Crippen LogP contribution in [0.15, 0.2) is 48.5 Å². The van der Waals surface area contributed by atoms with E-state index in [0.29, 0.717) is 35.7 Å². The largest absolute Gasteiger partial charge is 0.353 e. The molecular weight excluding hydrogens is 411 g/mol. The molecule has 1 N–H and O–H groups in total. The molecule has 0 aliphatic carbocycles. The maximum Gasteiger partial charge on any atom is 0.243 e. The fourth-order valence-corrected chi connectivity index (χ4v) is 4.97. The van der Waals surface area contributed by atoms with Gasteiger partial charge >= 0.3 is 0 Å². The Morgan fingerprint density at radius 1 is 1.17 bits per heavy atom. The van der Waals surface area contributed by atoms with E-state index in [1.165, 1.54) is 22.1 Å². The van der Waals surface area contributed by atoms with Gasteiger partial charge < -0.3 is 5.32 Å². The van der Waals surface area contributed by atoms with Gasteiger partial charge in [-0.1, -0.05) is 42.8 Å². The van der Waals surface area contributed by atoms with Crippen molar-refractivity contribution >= 4 is 33.4 Å². The number of hydrogen-bond acceptors (Lipinski definition) is 4. The molecule has 0 aliphatic rings. The number of benzene rings is 2. The number of nitrogens with one attached hydrogen (secondary N) is 1. The van der Waals surface area contributed by atoms with Crippen molar-refractivity contribution in [3.05, 3.63) is 65.5 Å². The van der Waals surface area contributed by atoms with Gasteiger partial charge in [0.05, 0.1) is 11.9 Å². The number of aryl methyl sites for hydroxylation is 1. The van der Waals surface area contributed by atoms with Crippen LogP contribution in [0.5, 0.6) is 0 Å². The second-order valence-corrected chi connectivity index (χ2v) is 9.72. The molecule has 0 unspecified atom stereocenters. The van der Waals surface area contributed by atoms with Crippen molar-refractivity contribution in [3.63, 3.8) is 0 Å². The molecule has 8 heteroatoms. The van der Waals surface area contributed by atoms with Crippen LogP contribution in [0.2, 0.25) is 0 Å². The van der Waals surface area contributed by atoms with Gasteiger partial charge in [0.2, 0.25) is 15.9 Å². The van der Waals surface area contributed by atoms with Crippen LogP contribution in [0.25, 0.3) is 0 Å². The minimum atomic E-state index is -3.64. The van der Waals surface area contributed by atoms with E-state index < -0.39 is 16.1 Å². The third kappa shape index (κ3) is 6.75. The van der Waals surface area contributed by atoms with Crippen molar-refractivity contribution in [3.8, 4) is 0 Å². The van der Waals surface area contributed by atoms with Gasteiger partial charge in [-0.3, -0.25) is 9.10 Å². The lowest BCUT2D eigenvalue weighted by atomic mass is 10.1. The molecule has 0 fully saturated rings. The topological polar surface area (TPSA) is 66.5 Å². The monoisotopic (exact) mass is 438 g/mol. The first-order chi connectivity index (χ1) is 13.7. The van der Waals surface area contributed by atoms with E-state index in [0.717, 1.165) is 11.8 Å². The normalized spacial score (nSPS) is 12.4. The molecule has 0 bridgehead atoms. The number of thioether (sulfide) groups is 1. The SMILES string of the molecule is CC[C@@H](C(=O)NCCSCc1ccccc1F)N(c1ccc(C)cc1)S(C)(=O)=O. The molecule has 0 aromatic heterocycles. The lowest BCUT2D eigenvalue weighted by Crippen LogP contribution is -2.49. The van der Waals surface area contributed by atoms with Crippen LogP contribution in [0, 0.1) is 12.7 Å². The van der Waals surface area contributed by atoms with Gasteiger partial charge in [-0.05, 0) is 37.1 Å². The van der Waals surface area contributed by atoms with Crippen LogP contribution in [-0.4, -0.2) is 38.9 Å². The highest BCUT2D eigenvalue weighted by Gasteiger charge is 2.31. The van der Waals surface area contributed by atoms with Gasteiger partial charge in [-0.2, -0.15) is 11.8 Å². The minimum absolute atomic E-state index is 0.239. The second kappa shape index (κ2) is 10.6. The highest BCUT2D eigenvalue weighted by Crippen LogP contribution is 2.23. The molecule has 1 amide bonds. The van der Waals surface area contributed by atoms with Crippen LogP contribution >= 0.6 is 11.8 Å². The minimum Gasteiger partial charge on any atom is -0.353 e. The fraction of sp³-hybridized carbons (Fsp3) is 0.381. The van der Waals surface area contributed by atoms with Crippen LogP contribution < -0.4 is 9.62 Å². The summed E-state index contributed by atoms with van der Waals surface area (Å²) in [5, 5.41) is 2.81. The van der Waals surface area contributed by atoms with E-state index in [1.807, 2.05) is 19.1 Å². The number of carbonyl (C=O) groups excluding carboxylic acids is 1.